The molecule has 1 aliphatic heterocycles. The van der Waals surface area contributed by atoms with Crippen LogP contribution in [-0.2, 0) is 10.0 Å². The highest BCUT2D eigenvalue weighted by Gasteiger charge is 2.30. The van der Waals surface area contributed by atoms with Gasteiger partial charge < -0.3 is 10.3 Å². The summed E-state index contributed by atoms with van der Waals surface area (Å²) >= 11 is 0. The Hall–Kier alpha value is -2.72. The normalized spacial score (nSPS) is 16.2. The molecule has 1 fully saturated rings. The standard InChI is InChI=1S/C17H20N4O5S/c1-11-2-4-13(5-3-11)27(25,26)21-8-6-12(7-9-21)19-15(22)14-10-18-17(24)20-16(14)23/h2-5,10,12H,6-9H2,1H3,(H,19,22)(H2,18,20,23,24). The van der Waals surface area contributed by atoms with Crippen LogP contribution in [0, 0.1) is 6.92 Å². The summed E-state index contributed by atoms with van der Waals surface area (Å²) < 4.78 is 26.8. The lowest BCUT2D eigenvalue weighted by Crippen LogP contribution is -2.47. The Bertz CT molecular complexity index is 1050. The lowest BCUT2D eigenvalue weighted by molar-refractivity contribution is 0.0922. The van der Waals surface area contributed by atoms with Crippen LogP contribution in [0.5, 0.6) is 0 Å². The van der Waals surface area contributed by atoms with Crippen molar-refractivity contribution in [2.75, 3.05) is 13.1 Å². The maximum atomic E-state index is 12.7. The third kappa shape index (κ3) is 4.17. The Morgan fingerprint density at radius 1 is 1.15 bits per heavy atom. The SMILES string of the molecule is Cc1ccc(S(=O)(=O)N2CCC(NC(=O)c3c[nH]c(=O)[nH]c3=O)CC2)cc1. The molecule has 0 unspecified atom stereocenters. The van der Waals surface area contributed by atoms with Crippen LogP contribution in [0.15, 0.2) is 44.9 Å². The van der Waals surface area contributed by atoms with Crippen LogP contribution < -0.4 is 16.6 Å². The monoisotopic (exact) mass is 392 g/mol. The quantitative estimate of drug-likeness (QED) is 0.671. The van der Waals surface area contributed by atoms with Crippen molar-refractivity contribution >= 4 is 15.9 Å². The summed E-state index contributed by atoms with van der Waals surface area (Å²) in [7, 11) is -3.57. The molecule has 3 N–H and O–H groups in total. The molecule has 0 atom stereocenters. The van der Waals surface area contributed by atoms with Crippen molar-refractivity contribution in [3.8, 4) is 0 Å². The Morgan fingerprint density at radius 2 is 1.78 bits per heavy atom. The molecule has 0 spiro atoms. The fourth-order valence-corrected chi connectivity index (χ4v) is 4.41. The van der Waals surface area contributed by atoms with Crippen LogP contribution in [-0.4, -0.2) is 47.7 Å². The van der Waals surface area contributed by atoms with Gasteiger partial charge in [0, 0.05) is 25.3 Å². The number of aromatic amines is 2. The molecular weight excluding hydrogens is 372 g/mol. The van der Waals surface area contributed by atoms with Crippen LogP contribution in [0.2, 0.25) is 0 Å². The van der Waals surface area contributed by atoms with Crippen molar-refractivity contribution in [1.29, 1.82) is 0 Å². The molecule has 2 heterocycles. The summed E-state index contributed by atoms with van der Waals surface area (Å²) in [4.78, 5) is 39.4. The van der Waals surface area contributed by atoms with E-state index in [1.54, 1.807) is 24.3 Å². The molecular formula is C17H20N4O5S. The van der Waals surface area contributed by atoms with Crippen molar-refractivity contribution in [1.82, 2.24) is 19.6 Å². The Balaban J connectivity index is 1.63. The number of piperidine rings is 1. The lowest BCUT2D eigenvalue weighted by Gasteiger charge is -2.31. The molecule has 3 rings (SSSR count). The number of carbonyl (C=O) groups is 1. The number of H-pyrrole nitrogens is 2. The number of nitrogens with one attached hydrogen (secondary N) is 3. The fourth-order valence-electron chi connectivity index (χ4n) is 2.94. The zero-order valence-electron chi connectivity index (χ0n) is 14.7. The zero-order valence-corrected chi connectivity index (χ0v) is 15.5. The van der Waals surface area contributed by atoms with Gasteiger partial charge in [-0.15, -0.1) is 0 Å². The van der Waals surface area contributed by atoms with Gasteiger partial charge in [0.15, 0.2) is 0 Å². The highest BCUT2D eigenvalue weighted by atomic mass is 32.2. The Kier molecular flexibility index (Phi) is 5.29. The molecule has 1 saturated heterocycles. The van der Waals surface area contributed by atoms with Gasteiger partial charge in [-0.25, -0.2) is 13.2 Å². The van der Waals surface area contributed by atoms with Crippen molar-refractivity contribution in [2.24, 2.45) is 0 Å². The van der Waals surface area contributed by atoms with E-state index >= 15 is 0 Å². The van der Waals surface area contributed by atoms with E-state index in [1.165, 1.54) is 4.31 Å². The minimum Gasteiger partial charge on any atom is -0.349 e. The molecule has 0 saturated carbocycles. The highest BCUT2D eigenvalue weighted by molar-refractivity contribution is 7.89. The molecule has 1 aromatic heterocycles. The number of sulfonamides is 1. The number of hydrogen-bond acceptors (Lipinski definition) is 5. The molecule has 0 aliphatic carbocycles. The Labute approximate surface area is 155 Å². The molecule has 9 nitrogen and oxygen atoms in total. The highest BCUT2D eigenvalue weighted by Crippen LogP contribution is 2.21. The van der Waals surface area contributed by atoms with E-state index < -0.39 is 27.2 Å². The maximum Gasteiger partial charge on any atom is 0.325 e. The molecule has 27 heavy (non-hydrogen) atoms. The lowest BCUT2D eigenvalue weighted by atomic mass is 10.1. The molecule has 10 heteroatoms. The summed E-state index contributed by atoms with van der Waals surface area (Å²) in [6, 6.07) is 6.42. The smallest absolute Gasteiger partial charge is 0.325 e. The maximum absolute atomic E-state index is 12.7. The van der Waals surface area contributed by atoms with Crippen LogP contribution >= 0.6 is 0 Å². The third-order valence-electron chi connectivity index (χ3n) is 4.51. The molecule has 1 aliphatic rings. The van der Waals surface area contributed by atoms with Gasteiger partial charge in [-0.2, -0.15) is 4.31 Å². The minimum absolute atomic E-state index is 0.190. The second kappa shape index (κ2) is 7.49. The zero-order chi connectivity index (χ0) is 19.6. The largest absolute Gasteiger partial charge is 0.349 e. The molecule has 2 aromatic rings. The van der Waals surface area contributed by atoms with E-state index in [0.29, 0.717) is 12.8 Å². The van der Waals surface area contributed by atoms with E-state index in [4.69, 9.17) is 0 Å². The van der Waals surface area contributed by atoms with Gasteiger partial charge in [-0.05, 0) is 31.9 Å². The molecule has 0 radical (unpaired) electrons. The van der Waals surface area contributed by atoms with E-state index in [0.717, 1.165) is 11.8 Å². The minimum atomic E-state index is -3.57. The van der Waals surface area contributed by atoms with Gasteiger partial charge in [0.05, 0.1) is 4.90 Å². The van der Waals surface area contributed by atoms with Gasteiger partial charge in [0.25, 0.3) is 11.5 Å². The van der Waals surface area contributed by atoms with Crippen molar-refractivity contribution in [2.45, 2.75) is 30.7 Å². The summed E-state index contributed by atoms with van der Waals surface area (Å²) in [6.45, 7) is 2.42. The van der Waals surface area contributed by atoms with Gasteiger partial charge >= 0.3 is 5.69 Å². The first-order chi connectivity index (χ1) is 12.8. The first kappa shape index (κ1) is 19.1. The summed E-state index contributed by atoms with van der Waals surface area (Å²) in [5.41, 5.74) is -0.668. The van der Waals surface area contributed by atoms with Crippen molar-refractivity contribution in [3.05, 3.63) is 62.4 Å². The van der Waals surface area contributed by atoms with E-state index in [9.17, 15) is 22.8 Å². The average molecular weight is 392 g/mol. The first-order valence-electron chi connectivity index (χ1n) is 8.47. The van der Waals surface area contributed by atoms with E-state index in [1.807, 2.05) is 11.9 Å². The molecule has 1 amide bonds. The third-order valence-corrected chi connectivity index (χ3v) is 6.42. The number of amides is 1. The number of aryl methyl sites for hydroxylation is 1. The van der Waals surface area contributed by atoms with Crippen LogP contribution in [0.1, 0.15) is 28.8 Å². The van der Waals surface area contributed by atoms with Crippen LogP contribution in [0.25, 0.3) is 0 Å². The number of benzene rings is 1. The topological polar surface area (TPSA) is 132 Å². The summed E-state index contributed by atoms with van der Waals surface area (Å²) in [6.07, 6.45) is 1.92. The number of hydrogen-bond donors (Lipinski definition) is 3. The van der Waals surface area contributed by atoms with Crippen molar-refractivity contribution < 1.29 is 13.2 Å². The summed E-state index contributed by atoms with van der Waals surface area (Å²) in [5, 5.41) is 2.71. The first-order valence-corrected chi connectivity index (χ1v) is 9.91. The van der Waals surface area contributed by atoms with Gasteiger partial charge in [-0.3, -0.25) is 14.6 Å². The number of carbonyl (C=O) groups excluding carboxylic acids is 1. The van der Waals surface area contributed by atoms with Gasteiger partial charge in [-0.1, -0.05) is 17.7 Å². The van der Waals surface area contributed by atoms with Crippen LogP contribution in [0.4, 0.5) is 0 Å². The Morgan fingerprint density at radius 3 is 2.37 bits per heavy atom. The molecule has 1 aromatic carbocycles. The number of aromatic nitrogens is 2. The second-order valence-corrected chi connectivity index (χ2v) is 8.39. The second-order valence-electron chi connectivity index (χ2n) is 6.45. The summed E-state index contributed by atoms with van der Waals surface area (Å²) in [5.74, 6) is -0.604. The average Bonchev–Trinajstić information content (AvgIpc) is 2.62. The van der Waals surface area contributed by atoms with Gasteiger partial charge in [0.2, 0.25) is 10.0 Å². The number of nitrogens with zero attached hydrogens (tertiary/aromatic N) is 1. The van der Waals surface area contributed by atoms with E-state index in [2.05, 4.69) is 10.3 Å². The predicted molar refractivity (Wildman–Crippen MR) is 98.1 cm³/mol. The number of rotatable bonds is 4. The molecule has 0 bridgehead atoms. The predicted octanol–water partition coefficient (Wildman–Crippen LogP) is -0.0453. The van der Waals surface area contributed by atoms with E-state index in [-0.39, 0.29) is 29.6 Å². The fraction of sp³-hybridized carbons (Fsp3) is 0.353. The van der Waals surface area contributed by atoms with Crippen LogP contribution in [0.3, 0.4) is 0 Å². The van der Waals surface area contributed by atoms with Gasteiger partial charge in [0.1, 0.15) is 5.56 Å². The molecule has 144 valence electrons. The van der Waals surface area contributed by atoms with Crippen molar-refractivity contribution in [3.63, 3.8) is 0 Å².